The number of ether oxygens (including phenoxy) is 1. The lowest BCUT2D eigenvalue weighted by Gasteiger charge is -2.17. The molecule has 2 nitrogen and oxygen atoms in total. The van der Waals surface area contributed by atoms with E-state index in [0.717, 1.165) is 5.56 Å². The van der Waals surface area contributed by atoms with E-state index in [9.17, 15) is 4.79 Å². The standard InChI is InChI=1S/C17H24O2/c1-10(2)14-6-8-15(9-7-14)17(18)16-11(3)12(4)19-13(16)5/h6-13,16H,1-5H3. The van der Waals surface area contributed by atoms with Gasteiger partial charge in [-0.05, 0) is 31.2 Å². The normalized spacial score (nSPS) is 30.8. The highest BCUT2D eigenvalue weighted by Crippen LogP contribution is 2.34. The molecule has 1 saturated heterocycles. The third-order valence-electron chi connectivity index (χ3n) is 4.41. The summed E-state index contributed by atoms with van der Waals surface area (Å²) in [6, 6.07) is 8.04. The van der Waals surface area contributed by atoms with Crippen LogP contribution in [0.3, 0.4) is 0 Å². The Kier molecular flexibility index (Phi) is 4.10. The summed E-state index contributed by atoms with van der Waals surface area (Å²) in [5.41, 5.74) is 2.08. The van der Waals surface area contributed by atoms with Gasteiger partial charge in [0.25, 0.3) is 0 Å². The summed E-state index contributed by atoms with van der Waals surface area (Å²) in [5.74, 6) is 0.990. The number of hydrogen-bond acceptors (Lipinski definition) is 2. The fraction of sp³-hybridized carbons (Fsp3) is 0.588. The maximum atomic E-state index is 12.6. The van der Waals surface area contributed by atoms with E-state index in [1.807, 2.05) is 19.1 Å². The van der Waals surface area contributed by atoms with Gasteiger partial charge in [0.2, 0.25) is 0 Å². The van der Waals surface area contributed by atoms with Gasteiger partial charge in [0.15, 0.2) is 5.78 Å². The van der Waals surface area contributed by atoms with Crippen molar-refractivity contribution in [3.05, 3.63) is 35.4 Å². The van der Waals surface area contributed by atoms with Crippen molar-refractivity contribution in [1.29, 1.82) is 0 Å². The van der Waals surface area contributed by atoms with Crippen LogP contribution in [0.1, 0.15) is 56.5 Å². The average Bonchev–Trinajstić information content (AvgIpc) is 2.62. The summed E-state index contributed by atoms with van der Waals surface area (Å²) < 4.78 is 5.77. The first-order valence-electron chi connectivity index (χ1n) is 7.21. The van der Waals surface area contributed by atoms with Gasteiger partial charge in [-0.15, -0.1) is 0 Å². The van der Waals surface area contributed by atoms with Crippen LogP contribution in [0.4, 0.5) is 0 Å². The minimum atomic E-state index is -0.0140. The molecule has 0 N–H and O–H groups in total. The number of ketones is 1. The van der Waals surface area contributed by atoms with Gasteiger partial charge >= 0.3 is 0 Å². The molecule has 1 aromatic carbocycles. The molecule has 2 rings (SSSR count). The van der Waals surface area contributed by atoms with Gasteiger partial charge in [-0.1, -0.05) is 45.0 Å². The van der Waals surface area contributed by atoms with Gasteiger partial charge in [0.1, 0.15) is 0 Å². The smallest absolute Gasteiger partial charge is 0.168 e. The first-order valence-corrected chi connectivity index (χ1v) is 7.21. The summed E-state index contributed by atoms with van der Waals surface area (Å²) in [4.78, 5) is 12.6. The van der Waals surface area contributed by atoms with Gasteiger partial charge in [0, 0.05) is 5.56 Å². The van der Waals surface area contributed by atoms with Crippen LogP contribution >= 0.6 is 0 Å². The molecule has 4 unspecified atom stereocenters. The van der Waals surface area contributed by atoms with Crippen molar-refractivity contribution in [3.8, 4) is 0 Å². The minimum absolute atomic E-state index is 0.0140. The first-order chi connectivity index (χ1) is 8.91. The highest BCUT2D eigenvalue weighted by Gasteiger charge is 2.41. The molecule has 104 valence electrons. The van der Waals surface area contributed by atoms with Gasteiger partial charge in [-0.25, -0.2) is 0 Å². The van der Waals surface area contributed by atoms with Crippen molar-refractivity contribution < 1.29 is 9.53 Å². The molecule has 1 aromatic rings. The Bertz CT molecular complexity index is 447. The molecule has 0 amide bonds. The highest BCUT2D eigenvalue weighted by molar-refractivity contribution is 5.98. The zero-order valence-corrected chi connectivity index (χ0v) is 12.5. The Morgan fingerprint density at radius 2 is 1.63 bits per heavy atom. The number of Topliss-reactive ketones (excluding diaryl/α,β-unsaturated/α-hetero) is 1. The van der Waals surface area contributed by atoms with Crippen LogP contribution in [-0.4, -0.2) is 18.0 Å². The van der Waals surface area contributed by atoms with Crippen LogP contribution in [0.5, 0.6) is 0 Å². The zero-order chi connectivity index (χ0) is 14.2. The van der Waals surface area contributed by atoms with Crippen LogP contribution < -0.4 is 0 Å². The van der Waals surface area contributed by atoms with Crippen LogP contribution in [0.15, 0.2) is 24.3 Å². The molecule has 4 atom stereocenters. The van der Waals surface area contributed by atoms with Gasteiger partial charge in [-0.2, -0.15) is 0 Å². The van der Waals surface area contributed by atoms with E-state index in [4.69, 9.17) is 4.74 Å². The summed E-state index contributed by atoms with van der Waals surface area (Å²) in [5, 5.41) is 0. The van der Waals surface area contributed by atoms with Gasteiger partial charge in [-0.3, -0.25) is 4.79 Å². The molecular weight excluding hydrogens is 236 g/mol. The molecule has 2 heteroatoms. The fourth-order valence-electron chi connectivity index (χ4n) is 2.94. The molecule has 0 spiro atoms. The predicted octanol–water partition coefficient (Wildman–Crippen LogP) is 4.05. The quantitative estimate of drug-likeness (QED) is 0.766. The van der Waals surface area contributed by atoms with Crippen molar-refractivity contribution in [2.75, 3.05) is 0 Å². The van der Waals surface area contributed by atoms with Crippen LogP contribution in [0.2, 0.25) is 0 Å². The van der Waals surface area contributed by atoms with E-state index in [0.29, 0.717) is 5.92 Å². The Labute approximate surface area is 116 Å². The zero-order valence-electron chi connectivity index (χ0n) is 12.5. The van der Waals surface area contributed by atoms with E-state index in [2.05, 4.69) is 39.8 Å². The number of carbonyl (C=O) groups excluding carboxylic acids is 1. The molecule has 19 heavy (non-hydrogen) atoms. The summed E-state index contributed by atoms with van der Waals surface area (Å²) in [6.45, 7) is 10.5. The van der Waals surface area contributed by atoms with E-state index in [1.165, 1.54) is 5.56 Å². The lowest BCUT2D eigenvalue weighted by Crippen LogP contribution is -2.26. The largest absolute Gasteiger partial charge is 0.374 e. The molecular formula is C17H24O2. The summed E-state index contributed by atoms with van der Waals surface area (Å²) >= 11 is 0. The summed E-state index contributed by atoms with van der Waals surface area (Å²) in [7, 11) is 0. The van der Waals surface area contributed by atoms with Crippen LogP contribution in [-0.2, 0) is 4.74 Å². The molecule has 0 radical (unpaired) electrons. The second kappa shape index (κ2) is 5.46. The van der Waals surface area contributed by atoms with Gasteiger partial charge < -0.3 is 4.74 Å². The predicted molar refractivity (Wildman–Crippen MR) is 77.5 cm³/mol. The van der Waals surface area contributed by atoms with E-state index >= 15 is 0 Å². The fourth-order valence-corrected chi connectivity index (χ4v) is 2.94. The van der Waals surface area contributed by atoms with Crippen LogP contribution in [0, 0.1) is 11.8 Å². The van der Waals surface area contributed by atoms with E-state index in [1.54, 1.807) is 0 Å². The second-order valence-corrected chi connectivity index (χ2v) is 6.07. The molecule has 0 aromatic heterocycles. The lowest BCUT2D eigenvalue weighted by atomic mass is 9.83. The third kappa shape index (κ3) is 2.74. The van der Waals surface area contributed by atoms with Crippen LogP contribution in [0.25, 0.3) is 0 Å². The van der Waals surface area contributed by atoms with E-state index in [-0.39, 0.29) is 29.8 Å². The first kappa shape index (κ1) is 14.3. The van der Waals surface area contributed by atoms with Gasteiger partial charge in [0.05, 0.1) is 18.1 Å². The SMILES string of the molecule is CC(C)c1ccc(C(=O)C2C(C)OC(C)C2C)cc1. The molecule has 1 heterocycles. The monoisotopic (exact) mass is 260 g/mol. The topological polar surface area (TPSA) is 26.3 Å². The molecule has 1 aliphatic heterocycles. The van der Waals surface area contributed by atoms with Crippen molar-refractivity contribution in [1.82, 2.24) is 0 Å². The molecule has 0 aliphatic carbocycles. The maximum Gasteiger partial charge on any atom is 0.168 e. The molecule has 0 bridgehead atoms. The molecule has 1 aliphatic rings. The third-order valence-corrected chi connectivity index (χ3v) is 4.41. The number of benzene rings is 1. The van der Waals surface area contributed by atoms with Crippen molar-refractivity contribution >= 4 is 5.78 Å². The highest BCUT2D eigenvalue weighted by atomic mass is 16.5. The lowest BCUT2D eigenvalue weighted by molar-refractivity contribution is 0.0491. The Balaban J connectivity index is 2.20. The maximum absolute atomic E-state index is 12.6. The average molecular weight is 260 g/mol. The van der Waals surface area contributed by atoms with Crippen molar-refractivity contribution in [3.63, 3.8) is 0 Å². The van der Waals surface area contributed by atoms with Crippen molar-refractivity contribution in [2.45, 2.75) is 52.7 Å². The summed E-state index contributed by atoms with van der Waals surface area (Å²) in [6.07, 6.45) is 0.182. The molecule has 0 saturated carbocycles. The number of carbonyl (C=O) groups is 1. The second-order valence-electron chi connectivity index (χ2n) is 6.07. The Hall–Kier alpha value is -1.15. The van der Waals surface area contributed by atoms with Crippen molar-refractivity contribution in [2.24, 2.45) is 11.8 Å². The Morgan fingerprint density at radius 1 is 1.05 bits per heavy atom. The Morgan fingerprint density at radius 3 is 2.05 bits per heavy atom. The number of hydrogen-bond donors (Lipinski definition) is 0. The molecule has 1 fully saturated rings. The number of rotatable bonds is 3. The van der Waals surface area contributed by atoms with E-state index < -0.39 is 0 Å². The minimum Gasteiger partial charge on any atom is -0.374 e.